The van der Waals surface area contributed by atoms with Crippen molar-refractivity contribution < 1.29 is 4.79 Å². The van der Waals surface area contributed by atoms with Crippen molar-refractivity contribution in [2.24, 2.45) is 5.73 Å². The Balaban J connectivity index is 2.12. The molecule has 3 rings (SSSR count). The number of rotatable bonds is 4. The lowest BCUT2D eigenvalue weighted by molar-refractivity contribution is -0.130. The van der Waals surface area contributed by atoms with Crippen LogP contribution in [0.4, 0.5) is 0 Å². The summed E-state index contributed by atoms with van der Waals surface area (Å²) in [6, 6.07) is 8.19. The Morgan fingerprint density at radius 3 is 2.23 bits per heavy atom. The molecular weight excluding hydrogens is 326 g/mol. The van der Waals surface area contributed by atoms with Gasteiger partial charge in [-0.2, -0.15) is 0 Å². The van der Waals surface area contributed by atoms with E-state index in [4.69, 9.17) is 16.6 Å². The molecule has 0 unspecified atom stereocenters. The van der Waals surface area contributed by atoms with Gasteiger partial charge in [-0.15, -0.1) is 0 Å². The van der Waals surface area contributed by atoms with Gasteiger partial charge < -0.3 is 16.5 Å². The molecule has 1 aliphatic heterocycles. The van der Waals surface area contributed by atoms with E-state index in [1.807, 2.05) is 19.1 Å². The number of hydrogen-bond donors (Lipinski definition) is 4. The minimum Gasteiger partial charge on any atom is -0.402 e. The van der Waals surface area contributed by atoms with Crippen molar-refractivity contribution in [3.63, 3.8) is 0 Å². The number of nitrogens with one attached hydrogen (secondary N) is 3. The highest BCUT2D eigenvalue weighted by Crippen LogP contribution is 2.42. The second-order valence-electron chi connectivity index (χ2n) is 7.63. The van der Waals surface area contributed by atoms with Gasteiger partial charge in [-0.05, 0) is 50.7 Å². The average molecular weight is 353 g/mol. The standard InChI is InChI=1S/C20H27N5O/c1-11(21)16(12(2)22)20(3)17(18(26)25(4)19(23)24-20)15-9-7-14(8-10-15)13-5-6-13/h7-10,13,17,21H,5-6,22H2,1-4H3,(H2,23,24)/b16-12+,21-11?/t17-,20-/m1/s1. The molecule has 1 aromatic rings. The van der Waals surface area contributed by atoms with E-state index in [2.05, 4.69) is 17.4 Å². The molecule has 2 atom stereocenters. The first kappa shape index (κ1) is 18.2. The van der Waals surface area contributed by atoms with Crippen molar-refractivity contribution in [3.8, 4) is 0 Å². The zero-order valence-corrected chi connectivity index (χ0v) is 15.8. The van der Waals surface area contributed by atoms with Crippen LogP contribution in [0.25, 0.3) is 0 Å². The molecule has 26 heavy (non-hydrogen) atoms. The number of guanidine groups is 1. The molecule has 0 spiro atoms. The lowest BCUT2D eigenvalue weighted by Gasteiger charge is -2.47. The molecule has 1 saturated carbocycles. The number of nitrogens with zero attached hydrogens (tertiary/aromatic N) is 1. The van der Waals surface area contributed by atoms with Gasteiger partial charge in [-0.1, -0.05) is 24.3 Å². The largest absolute Gasteiger partial charge is 0.402 e. The molecule has 0 radical (unpaired) electrons. The minimum absolute atomic E-state index is 0.0170. The molecule has 1 amide bonds. The van der Waals surface area contributed by atoms with Gasteiger partial charge in [0.2, 0.25) is 5.91 Å². The van der Waals surface area contributed by atoms with Gasteiger partial charge in [0.25, 0.3) is 0 Å². The highest BCUT2D eigenvalue weighted by molar-refractivity contribution is 6.07. The second-order valence-corrected chi connectivity index (χ2v) is 7.63. The van der Waals surface area contributed by atoms with Crippen LogP contribution in [-0.4, -0.2) is 35.1 Å². The number of benzene rings is 1. The van der Waals surface area contributed by atoms with E-state index in [9.17, 15) is 4.79 Å². The van der Waals surface area contributed by atoms with Crippen molar-refractivity contribution in [1.29, 1.82) is 10.8 Å². The van der Waals surface area contributed by atoms with Gasteiger partial charge in [0.15, 0.2) is 5.96 Å². The van der Waals surface area contributed by atoms with Crippen LogP contribution in [0.3, 0.4) is 0 Å². The predicted octanol–water partition coefficient (Wildman–Crippen LogP) is 2.68. The molecule has 138 valence electrons. The number of hydrogen-bond acceptors (Lipinski definition) is 4. The quantitative estimate of drug-likeness (QED) is 0.625. The summed E-state index contributed by atoms with van der Waals surface area (Å²) in [4.78, 5) is 14.5. The molecule has 0 aromatic heterocycles. The Bertz CT molecular complexity index is 802. The van der Waals surface area contributed by atoms with Gasteiger partial charge in [-0.25, -0.2) is 0 Å². The van der Waals surface area contributed by atoms with Crippen molar-refractivity contribution >= 4 is 17.6 Å². The Hall–Kier alpha value is -2.63. The van der Waals surface area contributed by atoms with Crippen LogP contribution in [0, 0.1) is 10.8 Å². The summed E-state index contributed by atoms with van der Waals surface area (Å²) in [6.07, 6.45) is 2.46. The molecule has 0 bridgehead atoms. The van der Waals surface area contributed by atoms with Crippen molar-refractivity contribution in [3.05, 3.63) is 46.7 Å². The average Bonchev–Trinajstić information content (AvgIpc) is 3.37. The maximum absolute atomic E-state index is 13.1. The summed E-state index contributed by atoms with van der Waals surface area (Å²) in [5.74, 6) is -0.0699. The molecule has 5 N–H and O–H groups in total. The Kier molecular flexibility index (Phi) is 4.38. The van der Waals surface area contributed by atoms with E-state index < -0.39 is 11.5 Å². The van der Waals surface area contributed by atoms with E-state index in [-0.39, 0.29) is 11.9 Å². The summed E-state index contributed by atoms with van der Waals surface area (Å²) in [7, 11) is 1.60. The lowest BCUT2D eigenvalue weighted by Crippen LogP contribution is -2.66. The molecular formula is C20H27N5O. The van der Waals surface area contributed by atoms with Gasteiger partial charge in [0.1, 0.15) is 0 Å². The lowest BCUT2D eigenvalue weighted by atomic mass is 9.71. The molecule has 1 aromatic carbocycles. The topological polar surface area (TPSA) is 106 Å². The molecule has 2 aliphatic rings. The number of allylic oxidation sites excluding steroid dienone is 1. The Labute approximate surface area is 154 Å². The van der Waals surface area contributed by atoms with Crippen molar-refractivity contribution in [1.82, 2.24) is 10.2 Å². The van der Waals surface area contributed by atoms with E-state index >= 15 is 0 Å². The number of carbonyl (C=O) groups is 1. The van der Waals surface area contributed by atoms with Crippen LogP contribution in [0.1, 0.15) is 56.6 Å². The first-order valence-electron chi connectivity index (χ1n) is 8.93. The maximum Gasteiger partial charge on any atom is 0.239 e. The normalized spacial score (nSPS) is 27.1. The molecule has 1 saturated heterocycles. The summed E-state index contributed by atoms with van der Waals surface area (Å²) in [6.45, 7) is 5.26. The SMILES string of the molecule is CC(=N)/C(=C(/C)N)[C@@]1(C)NC(=N)N(C)C(=O)[C@H]1c1ccc(C2CC2)cc1. The van der Waals surface area contributed by atoms with E-state index in [0.29, 0.717) is 22.9 Å². The first-order valence-corrected chi connectivity index (χ1v) is 8.93. The summed E-state index contributed by atoms with van der Waals surface area (Å²) in [5, 5.41) is 19.5. The van der Waals surface area contributed by atoms with Crippen molar-refractivity contribution in [2.45, 2.75) is 51.0 Å². The van der Waals surface area contributed by atoms with Crippen LogP contribution in [-0.2, 0) is 4.79 Å². The van der Waals surface area contributed by atoms with E-state index in [1.54, 1.807) is 20.9 Å². The molecule has 6 heteroatoms. The highest BCUT2D eigenvalue weighted by Gasteiger charge is 2.50. The monoisotopic (exact) mass is 353 g/mol. The fraction of sp³-hybridized carbons (Fsp3) is 0.450. The Morgan fingerprint density at radius 1 is 1.23 bits per heavy atom. The highest BCUT2D eigenvalue weighted by atomic mass is 16.2. The minimum atomic E-state index is -0.952. The zero-order valence-electron chi connectivity index (χ0n) is 15.8. The van der Waals surface area contributed by atoms with Crippen LogP contribution >= 0.6 is 0 Å². The predicted molar refractivity (Wildman–Crippen MR) is 103 cm³/mol. The van der Waals surface area contributed by atoms with Crippen LogP contribution in [0.2, 0.25) is 0 Å². The number of likely N-dealkylation sites (N-methyl/N-ethyl adjacent to an activating group) is 1. The van der Waals surface area contributed by atoms with Crippen LogP contribution in [0.5, 0.6) is 0 Å². The number of carbonyl (C=O) groups excluding carboxylic acids is 1. The van der Waals surface area contributed by atoms with Crippen LogP contribution < -0.4 is 11.1 Å². The third kappa shape index (κ3) is 2.89. The van der Waals surface area contributed by atoms with Gasteiger partial charge in [-0.3, -0.25) is 15.1 Å². The molecule has 6 nitrogen and oxygen atoms in total. The maximum atomic E-state index is 13.1. The fourth-order valence-electron chi connectivity index (χ4n) is 4.11. The van der Waals surface area contributed by atoms with E-state index in [0.717, 1.165) is 5.56 Å². The molecule has 2 fully saturated rings. The van der Waals surface area contributed by atoms with Gasteiger partial charge in [0.05, 0.1) is 11.5 Å². The van der Waals surface area contributed by atoms with Gasteiger partial charge in [0, 0.05) is 24.0 Å². The smallest absolute Gasteiger partial charge is 0.239 e. The molecule has 1 heterocycles. The van der Waals surface area contributed by atoms with Crippen LogP contribution in [0.15, 0.2) is 35.5 Å². The number of amides is 1. The third-order valence-corrected chi connectivity index (χ3v) is 5.48. The second kappa shape index (κ2) is 6.27. The summed E-state index contributed by atoms with van der Waals surface area (Å²) >= 11 is 0. The summed E-state index contributed by atoms with van der Waals surface area (Å²) < 4.78 is 0. The molecule has 1 aliphatic carbocycles. The first-order chi connectivity index (χ1) is 12.2. The fourth-order valence-corrected chi connectivity index (χ4v) is 4.11. The third-order valence-electron chi connectivity index (χ3n) is 5.48. The Morgan fingerprint density at radius 2 is 1.77 bits per heavy atom. The summed E-state index contributed by atoms with van der Waals surface area (Å²) in [5.41, 5.74) is 8.67. The van der Waals surface area contributed by atoms with Gasteiger partial charge >= 0.3 is 0 Å². The zero-order chi connectivity index (χ0) is 19.2. The van der Waals surface area contributed by atoms with E-state index in [1.165, 1.54) is 23.3 Å². The number of nitrogens with two attached hydrogens (primary N) is 1. The van der Waals surface area contributed by atoms with Crippen molar-refractivity contribution in [2.75, 3.05) is 7.05 Å².